The largest absolute Gasteiger partial charge is 0.478 e. The van der Waals surface area contributed by atoms with E-state index in [1.165, 1.54) is 12.1 Å². The van der Waals surface area contributed by atoms with Crippen LogP contribution in [0, 0.1) is 0 Å². The molecule has 1 unspecified atom stereocenters. The lowest BCUT2D eigenvalue weighted by molar-refractivity contribution is -0.129. The molecule has 4 rings (SSSR count). The number of carboxylic acid groups (broad SMARTS) is 1. The molecule has 1 aromatic rings. The Morgan fingerprint density at radius 3 is 2.53 bits per heavy atom. The molecule has 8 heteroatoms. The van der Waals surface area contributed by atoms with Crippen LogP contribution in [0.25, 0.3) is 0 Å². The Bertz CT molecular complexity index is 995. The van der Waals surface area contributed by atoms with Crippen molar-refractivity contribution in [1.29, 1.82) is 0 Å². The summed E-state index contributed by atoms with van der Waals surface area (Å²) in [4.78, 5) is 38.9. The number of amides is 2. The van der Waals surface area contributed by atoms with Crippen LogP contribution in [0.5, 0.6) is 0 Å². The topological polar surface area (TPSA) is 108 Å². The molecule has 2 heterocycles. The van der Waals surface area contributed by atoms with Crippen molar-refractivity contribution in [2.45, 2.75) is 38.3 Å². The molecule has 1 saturated heterocycles. The number of carboxylic acids is 1. The molecule has 3 aliphatic rings. The van der Waals surface area contributed by atoms with Gasteiger partial charge in [-0.1, -0.05) is 44.7 Å². The molecular formula is C24H29N3O5. The summed E-state index contributed by atoms with van der Waals surface area (Å²) in [5, 5.41) is 14.9. The molecular weight excluding hydrogens is 410 g/mol. The summed E-state index contributed by atoms with van der Waals surface area (Å²) >= 11 is 0. The van der Waals surface area contributed by atoms with Gasteiger partial charge in [0.05, 0.1) is 24.0 Å². The second-order valence-corrected chi connectivity index (χ2v) is 7.68. The highest BCUT2D eigenvalue weighted by Crippen LogP contribution is 2.33. The molecule has 32 heavy (non-hydrogen) atoms. The van der Waals surface area contributed by atoms with E-state index in [-0.39, 0.29) is 30.0 Å². The minimum Gasteiger partial charge on any atom is -0.478 e. The van der Waals surface area contributed by atoms with Gasteiger partial charge in [-0.05, 0) is 36.1 Å². The van der Waals surface area contributed by atoms with Crippen LogP contribution < -0.4 is 10.6 Å². The number of carbonyl (C=O) groups is 3. The van der Waals surface area contributed by atoms with Crippen molar-refractivity contribution >= 4 is 17.8 Å². The van der Waals surface area contributed by atoms with Crippen molar-refractivity contribution in [2.24, 2.45) is 0 Å². The van der Waals surface area contributed by atoms with Crippen LogP contribution in [0.15, 0.2) is 60.0 Å². The van der Waals surface area contributed by atoms with E-state index in [1.807, 2.05) is 26.0 Å². The fourth-order valence-electron chi connectivity index (χ4n) is 4.23. The van der Waals surface area contributed by atoms with Gasteiger partial charge >= 0.3 is 5.97 Å². The van der Waals surface area contributed by atoms with Crippen LogP contribution in [0.3, 0.4) is 0 Å². The number of nitrogens with zero attached hydrogens (tertiary/aromatic N) is 1. The minimum absolute atomic E-state index is 0.0125. The maximum absolute atomic E-state index is 13.1. The molecule has 0 aromatic heterocycles. The van der Waals surface area contributed by atoms with Gasteiger partial charge in [0.2, 0.25) is 0 Å². The third-order valence-corrected chi connectivity index (χ3v) is 5.86. The van der Waals surface area contributed by atoms with E-state index < -0.39 is 11.5 Å². The van der Waals surface area contributed by atoms with Crippen LogP contribution in [0.2, 0.25) is 0 Å². The lowest BCUT2D eigenvalue weighted by Crippen LogP contribution is -2.52. The summed E-state index contributed by atoms with van der Waals surface area (Å²) in [5.41, 5.74) is 1.13. The number of hydrogen-bond acceptors (Lipinski definition) is 5. The molecule has 8 nitrogen and oxygen atoms in total. The Balaban J connectivity index is 0.00000141. The van der Waals surface area contributed by atoms with Crippen LogP contribution in [-0.2, 0) is 19.9 Å². The maximum atomic E-state index is 13.1. The van der Waals surface area contributed by atoms with Crippen molar-refractivity contribution < 1.29 is 24.2 Å². The van der Waals surface area contributed by atoms with Crippen molar-refractivity contribution in [2.75, 3.05) is 20.2 Å². The van der Waals surface area contributed by atoms with Crippen LogP contribution in [0.1, 0.15) is 42.6 Å². The van der Waals surface area contributed by atoms with Gasteiger partial charge in [-0.3, -0.25) is 9.59 Å². The number of benzene rings is 1. The van der Waals surface area contributed by atoms with E-state index >= 15 is 0 Å². The van der Waals surface area contributed by atoms with Crippen molar-refractivity contribution in [1.82, 2.24) is 15.5 Å². The standard InChI is InChI=1S/C22H23N3O5.C2H6/c1-13-23-21(29)22(24-13,16-6-3-14(4-7-16)20(27)28)12-25-11-15-5-8-17(30-2)9-10-18(15)19(25)26;1-2/h3-8,17,24H,1,9-12H2,2H3,(H,23,29)(H,27,28);1-2H3/t17?,22-;/m0./s1. The number of rotatable bonds is 5. The Labute approximate surface area is 187 Å². The van der Waals surface area contributed by atoms with E-state index in [2.05, 4.69) is 17.2 Å². The molecule has 1 fully saturated rings. The van der Waals surface area contributed by atoms with Crippen molar-refractivity contribution in [3.8, 4) is 0 Å². The summed E-state index contributed by atoms with van der Waals surface area (Å²) in [5.74, 6) is -1.14. The number of methoxy groups -OCH3 is 1. The number of carbonyl (C=O) groups excluding carboxylic acids is 2. The second kappa shape index (κ2) is 9.40. The fourth-order valence-corrected chi connectivity index (χ4v) is 4.23. The van der Waals surface area contributed by atoms with E-state index in [1.54, 1.807) is 24.1 Å². The lowest BCUT2D eigenvalue weighted by atomic mass is 9.88. The van der Waals surface area contributed by atoms with Crippen LogP contribution >= 0.6 is 0 Å². The first-order chi connectivity index (χ1) is 15.3. The minimum atomic E-state index is -1.24. The Kier molecular flexibility index (Phi) is 6.84. The summed E-state index contributed by atoms with van der Waals surface area (Å²) in [6.45, 7) is 8.29. The van der Waals surface area contributed by atoms with E-state index in [9.17, 15) is 14.4 Å². The van der Waals surface area contributed by atoms with Crippen molar-refractivity contribution in [3.63, 3.8) is 0 Å². The average molecular weight is 440 g/mol. The quantitative estimate of drug-likeness (QED) is 0.650. The number of ether oxygens (including phenoxy) is 1. The highest BCUT2D eigenvalue weighted by Gasteiger charge is 2.48. The highest BCUT2D eigenvalue weighted by atomic mass is 16.5. The molecule has 0 spiro atoms. The number of nitrogens with one attached hydrogen (secondary N) is 2. The summed E-state index contributed by atoms with van der Waals surface area (Å²) < 4.78 is 5.38. The SMILES string of the molecule is C=C1NC(=O)[C@](CN2CC3=C(CCC(OC)C=C3)C2=O)(c2ccc(C(=O)O)cc2)N1.CC. The molecule has 0 saturated carbocycles. The molecule has 2 aliphatic heterocycles. The van der Waals surface area contributed by atoms with Crippen LogP contribution in [0.4, 0.5) is 0 Å². The molecule has 1 aromatic carbocycles. The second-order valence-electron chi connectivity index (χ2n) is 7.68. The van der Waals surface area contributed by atoms with Crippen molar-refractivity contribution in [3.05, 3.63) is 71.1 Å². The fraction of sp³-hybridized carbons (Fsp3) is 0.375. The zero-order chi connectivity index (χ0) is 23.5. The average Bonchev–Trinajstić information content (AvgIpc) is 3.14. The van der Waals surface area contributed by atoms with Gasteiger partial charge in [0.1, 0.15) is 0 Å². The lowest BCUT2D eigenvalue weighted by Gasteiger charge is -2.32. The van der Waals surface area contributed by atoms with Gasteiger partial charge in [0.15, 0.2) is 5.54 Å². The first kappa shape index (κ1) is 23.3. The monoisotopic (exact) mass is 439 g/mol. The molecule has 2 atom stereocenters. The van der Waals surface area contributed by atoms with Gasteiger partial charge in [-0.15, -0.1) is 0 Å². The normalized spacial score (nSPS) is 24.4. The third-order valence-electron chi connectivity index (χ3n) is 5.86. The highest BCUT2D eigenvalue weighted by molar-refractivity contribution is 5.99. The van der Waals surface area contributed by atoms with E-state index in [0.29, 0.717) is 24.4 Å². The molecule has 170 valence electrons. The molecule has 1 aliphatic carbocycles. The molecule has 0 bridgehead atoms. The molecule has 3 N–H and O–H groups in total. The van der Waals surface area contributed by atoms with Gasteiger partial charge in [-0.2, -0.15) is 0 Å². The smallest absolute Gasteiger partial charge is 0.335 e. The van der Waals surface area contributed by atoms with Gasteiger partial charge in [0, 0.05) is 19.2 Å². The third kappa shape index (κ3) is 4.18. The van der Waals surface area contributed by atoms with Gasteiger partial charge in [-0.25, -0.2) is 4.79 Å². The Morgan fingerprint density at radius 2 is 1.97 bits per heavy atom. The first-order valence-corrected chi connectivity index (χ1v) is 10.7. The van der Waals surface area contributed by atoms with Crippen LogP contribution in [-0.4, -0.2) is 54.1 Å². The maximum Gasteiger partial charge on any atom is 0.335 e. The van der Waals surface area contributed by atoms with E-state index in [4.69, 9.17) is 9.84 Å². The first-order valence-electron chi connectivity index (χ1n) is 10.7. The molecule has 0 radical (unpaired) electrons. The Hall–Kier alpha value is -3.39. The summed E-state index contributed by atoms with van der Waals surface area (Å²) in [6, 6.07) is 6.08. The van der Waals surface area contributed by atoms with Gasteiger partial charge in [0.25, 0.3) is 11.8 Å². The molecule has 2 amide bonds. The predicted molar refractivity (Wildman–Crippen MR) is 120 cm³/mol. The Morgan fingerprint density at radius 1 is 1.28 bits per heavy atom. The zero-order valence-electron chi connectivity index (χ0n) is 18.6. The van der Waals surface area contributed by atoms with Gasteiger partial charge < -0.3 is 25.4 Å². The van der Waals surface area contributed by atoms with E-state index in [0.717, 1.165) is 17.6 Å². The zero-order valence-corrected chi connectivity index (χ0v) is 18.6. The number of aromatic carboxylic acids is 1. The number of hydrogen-bond donors (Lipinski definition) is 3. The predicted octanol–water partition coefficient (Wildman–Crippen LogP) is 2.30. The summed E-state index contributed by atoms with van der Waals surface area (Å²) in [7, 11) is 1.65. The summed E-state index contributed by atoms with van der Waals surface area (Å²) in [6.07, 6.45) is 5.22.